The van der Waals surface area contributed by atoms with E-state index in [1.807, 2.05) is 6.92 Å². The summed E-state index contributed by atoms with van der Waals surface area (Å²) in [4.78, 5) is 8.30. The standard InChI is InChI=1S/C13H15F2N5/c1-9-5-16-11(17-6-9)10-7-20(19-18-10)8-13(3-4-13)12(2,14)15/h5-7H,3-4,8H2,1-2H3. The third kappa shape index (κ3) is 2.28. The topological polar surface area (TPSA) is 56.5 Å². The third-order valence-corrected chi connectivity index (χ3v) is 3.80. The first-order chi connectivity index (χ1) is 9.40. The van der Waals surface area contributed by atoms with Gasteiger partial charge in [0.2, 0.25) is 0 Å². The molecule has 3 rings (SSSR count). The molecule has 0 unspecified atom stereocenters. The Kier molecular flexibility index (Phi) is 2.81. The summed E-state index contributed by atoms with van der Waals surface area (Å²) >= 11 is 0. The summed E-state index contributed by atoms with van der Waals surface area (Å²) in [5.41, 5.74) is 0.482. The minimum Gasteiger partial charge on any atom is -0.251 e. The van der Waals surface area contributed by atoms with Crippen molar-refractivity contribution in [1.29, 1.82) is 0 Å². The first-order valence-corrected chi connectivity index (χ1v) is 6.47. The fourth-order valence-electron chi connectivity index (χ4n) is 2.20. The number of hydrogen-bond donors (Lipinski definition) is 0. The predicted molar refractivity (Wildman–Crippen MR) is 68.1 cm³/mol. The molecule has 106 valence electrons. The normalized spacial score (nSPS) is 17.2. The largest absolute Gasteiger partial charge is 0.252 e. The van der Waals surface area contributed by atoms with Gasteiger partial charge in [-0.15, -0.1) is 5.10 Å². The Morgan fingerprint density at radius 1 is 1.30 bits per heavy atom. The maximum atomic E-state index is 13.5. The van der Waals surface area contributed by atoms with Crippen molar-refractivity contribution in [2.24, 2.45) is 5.41 Å². The smallest absolute Gasteiger partial charge is 0.251 e. The first kappa shape index (κ1) is 13.1. The highest BCUT2D eigenvalue weighted by molar-refractivity contribution is 5.45. The van der Waals surface area contributed by atoms with Crippen LogP contribution in [0.3, 0.4) is 0 Å². The lowest BCUT2D eigenvalue weighted by Gasteiger charge is -2.22. The summed E-state index contributed by atoms with van der Waals surface area (Å²) in [7, 11) is 0. The van der Waals surface area contributed by atoms with Crippen LogP contribution < -0.4 is 0 Å². The summed E-state index contributed by atoms with van der Waals surface area (Å²) in [6, 6.07) is 0. The Bertz CT molecular complexity index is 610. The number of aromatic nitrogens is 5. The molecule has 0 spiro atoms. The molecular formula is C13H15F2N5. The lowest BCUT2D eigenvalue weighted by atomic mass is 10.00. The molecule has 1 saturated carbocycles. The van der Waals surface area contributed by atoms with E-state index in [4.69, 9.17) is 0 Å². The molecule has 20 heavy (non-hydrogen) atoms. The zero-order valence-corrected chi connectivity index (χ0v) is 11.3. The molecule has 0 atom stereocenters. The molecular weight excluding hydrogens is 264 g/mol. The van der Waals surface area contributed by atoms with Gasteiger partial charge in [-0.2, -0.15) is 0 Å². The maximum Gasteiger partial charge on any atom is 0.252 e. The molecule has 0 saturated heterocycles. The van der Waals surface area contributed by atoms with Crippen LogP contribution in [0, 0.1) is 12.3 Å². The molecule has 2 aromatic heterocycles. The molecule has 1 aliphatic rings. The van der Waals surface area contributed by atoms with Crippen molar-refractivity contribution in [3.63, 3.8) is 0 Å². The highest BCUT2D eigenvalue weighted by atomic mass is 19.3. The molecule has 7 heteroatoms. The SMILES string of the molecule is Cc1cnc(-c2cn(CC3(C(C)(F)F)CC3)nn2)nc1. The number of nitrogens with zero attached hydrogens (tertiary/aromatic N) is 5. The van der Waals surface area contributed by atoms with Gasteiger partial charge in [0.1, 0.15) is 5.69 Å². The van der Waals surface area contributed by atoms with Crippen molar-refractivity contribution in [2.45, 2.75) is 39.2 Å². The van der Waals surface area contributed by atoms with Gasteiger partial charge in [-0.05, 0) is 32.3 Å². The summed E-state index contributed by atoms with van der Waals surface area (Å²) in [6.45, 7) is 3.04. The van der Waals surface area contributed by atoms with E-state index in [0.29, 0.717) is 24.4 Å². The Morgan fingerprint density at radius 2 is 1.95 bits per heavy atom. The molecule has 0 radical (unpaired) electrons. The molecule has 2 aromatic rings. The van der Waals surface area contributed by atoms with Gasteiger partial charge in [-0.1, -0.05) is 5.21 Å². The van der Waals surface area contributed by atoms with E-state index in [-0.39, 0.29) is 6.54 Å². The monoisotopic (exact) mass is 279 g/mol. The number of rotatable bonds is 4. The van der Waals surface area contributed by atoms with Gasteiger partial charge in [-0.25, -0.2) is 18.7 Å². The maximum absolute atomic E-state index is 13.5. The van der Waals surface area contributed by atoms with E-state index >= 15 is 0 Å². The van der Waals surface area contributed by atoms with Crippen molar-refractivity contribution in [1.82, 2.24) is 25.0 Å². The van der Waals surface area contributed by atoms with Gasteiger partial charge in [0.15, 0.2) is 5.82 Å². The first-order valence-electron chi connectivity index (χ1n) is 6.47. The Labute approximate surface area is 115 Å². The lowest BCUT2D eigenvalue weighted by Crippen LogP contribution is -2.30. The fraction of sp³-hybridized carbons (Fsp3) is 0.538. The molecule has 0 aliphatic heterocycles. The average Bonchev–Trinajstić information content (AvgIpc) is 3.02. The van der Waals surface area contributed by atoms with E-state index < -0.39 is 11.3 Å². The predicted octanol–water partition coefficient (Wildman–Crippen LogP) is 2.48. The van der Waals surface area contributed by atoms with E-state index in [1.54, 1.807) is 18.6 Å². The lowest BCUT2D eigenvalue weighted by molar-refractivity contribution is -0.0627. The van der Waals surface area contributed by atoms with Crippen molar-refractivity contribution < 1.29 is 8.78 Å². The second-order valence-electron chi connectivity index (χ2n) is 5.55. The van der Waals surface area contributed by atoms with E-state index in [2.05, 4.69) is 20.3 Å². The number of aryl methyl sites for hydroxylation is 1. The molecule has 0 amide bonds. The molecule has 1 fully saturated rings. The van der Waals surface area contributed by atoms with Crippen LogP contribution in [0.5, 0.6) is 0 Å². The summed E-state index contributed by atoms with van der Waals surface area (Å²) < 4.78 is 28.5. The van der Waals surface area contributed by atoms with Gasteiger partial charge in [0.25, 0.3) is 5.92 Å². The Balaban J connectivity index is 1.79. The highest BCUT2D eigenvalue weighted by Crippen LogP contribution is 2.57. The zero-order valence-electron chi connectivity index (χ0n) is 11.3. The van der Waals surface area contributed by atoms with Gasteiger partial charge in [-0.3, -0.25) is 4.68 Å². The average molecular weight is 279 g/mol. The minimum absolute atomic E-state index is 0.176. The van der Waals surface area contributed by atoms with Crippen molar-refractivity contribution in [2.75, 3.05) is 0 Å². The highest BCUT2D eigenvalue weighted by Gasteiger charge is 2.59. The summed E-state index contributed by atoms with van der Waals surface area (Å²) in [5.74, 6) is -2.24. The quantitative estimate of drug-likeness (QED) is 0.862. The van der Waals surface area contributed by atoms with Crippen LogP contribution in [0.2, 0.25) is 0 Å². The Hall–Kier alpha value is -1.92. The minimum atomic E-state index is -2.69. The van der Waals surface area contributed by atoms with Crippen molar-refractivity contribution >= 4 is 0 Å². The number of hydrogen-bond acceptors (Lipinski definition) is 4. The van der Waals surface area contributed by atoms with E-state index in [0.717, 1.165) is 12.5 Å². The Morgan fingerprint density at radius 3 is 2.50 bits per heavy atom. The van der Waals surface area contributed by atoms with Gasteiger partial charge < -0.3 is 0 Å². The van der Waals surface area contributed by atoms with Crippen LogP contribution in [0.25, 0.3) is 11.5 Å². The van der Waals surface area contributed by atoms with Gasteiger partial charge in [0.05, 0.1) is 18.2 Å². The molecule has 0 aromatic carbocycles. The van der Waals surface area contributed by atoms with Gasteiger partial charge >= 0.3 is 0 Å². The molecule has 0 N–H and O–H groups in total. The van der Waals surface area contributed by atoms with E-state index in [1.165, 1.54) is 4.68 Å². The van der Waals surface area contributed by atoms with Crippen LogP contribution >= 0.6 is 0 Å². The van der Waals surface area contributed by atoms with E-state index in [9.17, 15) is 8.78 Å². The van der Waals surface area contributed by atoms with Crippen molar-refractivity contribution in [3.05, 3.63) is 24.2 Å². The molecule has 1 aliphatic carbocycles. The second kappa shape index (κ2) is 4.29. The van der Waals surface area contributed by atoms with Crippen LogP contribution in [-0.2, 0) is 6.54 Å². The summed E-state index contributed by atoms with van der Waals surface area (Å²) in [6.07, 6.45) is 6.03. The fourth-order valence-corrected chi connectivity index (χ4v) is 2.20. The summed E-state index contributed by atoms with van der Waals surface area (Å²) in [5, 5.41) is 7.86. The molecule has 2 heterocycles. The van der Waals surface area contributed by atoms with Crippen LogP contribution in [0.4, 0.5) is 8.78 Å². The third-order valence-electron chi connectivity index (χ3n) is 3.80. The molecule has 0 bridgehead atoms. The zero-order chi connectivity index (χ0) is 14.4. The second-order valence-corrected chi connectivity index (χ2v) is 5.55. The van der Waals surface area contributed by atoms with Crippen LogP contribution in [-0.4, -0.2) is 30.9 Å². The van der Waals surface area contributed by atoms with Crippen molar-refractivity contribution in [3.8, 4) is 11.5 Å². The number of alkyl halides is 2. The van der Waals surface area contributed by atoms with Gasteiger partial charge in [0, 0.05) is 12.4 Å². The van der Waals surface area contributed by atoms with Crippen LogP contribution in [0.1, 0.15) is 25.3 Å². The molecule has 5 nitrogen and oxygen atoms in total. The number of halogens is 2. The van der Waals surface area contributed by atoms with Crippen LogP contribution in [0.15, 0.2) is 18.6 Å².